The van der Waals surface area contributed by atoms with Crippen LogP contribution in [0, 0.1) is 0 Å². The SMILES string of the molecule is CCNCc1nnsc1C(=O)O. The van der Waals surface area contributed by atoms with Crippen molar-refractivity contribution >= 4 is 17.5 Å². The Labute approximate surface area is 73.6 Å². The van der Waals surface area contributed by atoms with Gasteiger partial charge in [-0.1, -0.05) is 11.4 Å². The van der Waals surface area contributed by atoms with Crippen LogP contribution in [-0.4, -0.2) is 27.2 Å². The largest absolute Gasteiger partial charge is 0.477 e. The zero-order chi connectivity index (χ0) is 8.97. The third-order valence-electron chi connectivity index (χ3n) is 1.29. The van der Waals surface area contributed by atoms with Gasteiger partial charge in [0, 0.05) is 6.54 Å². The van der Waals surface area contributed by atoms with Gasteiger partial charge in [0.1, 0.15) is 5.69 Å². The predicted molar refractivity (Wildman–Crippen MR) is 44.2 cm³/mol. The second-order valence-corrected chi connectivity index (χ2v) is 2.89. The van der Waals surface area contributed by atoms with Crippen LogP contribution in [0.5, 0.6) is 0 Å². The highest BCUT2D eigenvalue weighted by Gasteiger charge is 2.13. The molecule has 6 heteroatoms. The van der Waals surface area contributed by atoms with E-state index in [1.54, 1.807) is 0 Å². The van der Waals surface area contributed by atoms with E-state index in [2.05, 4.69) is 14.9 Å². The summed E-state index contributed by atoms with van der Waals surface area (Å²) < 4.78 is 3.57. The van der Waals surface area contributed by atoms with Gasteiger partial charge in [-0.25, -0.2) is 4.79 Å². The van der Waals surface area contributed by atoms with Crippen molar-refractivity contribution in [3.8, 4) is 0 Å². The van der Waals surface area contributed by atoms with Crippen molar-refractivity contribution in [2.45, 2.75) is 13.5 Å². The summed E-state index contributed by atoms with van der Waals surface area (Å²) in [4.78, 5) is 10.8. The molecule has 0 radical (unpaired) electrons. The summed E-state index contributed by atoms with van der Waals surface area (Å²) in [7, 11) is 0. The van der Waals surface area contributed by atoms with E-state index in [9.17, 15) is 4.79 Å². The molecule has 0 saturated carbocycles. The molecule has 0 aromatic carbocycles. The number of carboxylic acids is 1. The van der Waals surface area contributed by atoms with Gasteiger partial charge in [0.25, 0.3) is 0 Å². The molecular weight excluding hydrogens is 178 g/mol. The third kappa shape index (κ3) is 1.99. The Morgan fingerprint density at radius 3 is 3.08 bits per heavy atom. The van der Waals surface area contributed by atoms with Crippen LogP contribution >= 0.6 is 11.5 Å². The van der Waals surface area contributed by atoms with E-state index < -0.39 is 5.97 Å². The molecule has 0 spiro atoms. The van der Waals surface area contributed by atoms with E-state index in [0.717, 1.165) is 18.1 Å². The normalized spacial score (nSPS) is 10.1. The van der Waals surface area contributed by atoms with E-state index in [0.29, 0.717) is 12.2 Å². The fourth-order valence-electron chi connectivity index (χ4n) is 0.730. The van der Waals surface area contributed by atoms with Crippen LogP contribution in [0.25, 0.3) is 0 Å². The molecule has 66 valence electrons. The van der Waals surface area contributed by atoms with Gasteiger partial charge in [0.05, 0.1) is 0 Å². The smallest absolute Gasteiger partial charge is 0.349 e. The van der Waals surface area contributed by atoms with Crippen molar-refractivity contribution in [1.29, 1.82) is 0 Å². The first-order valence-electron chi connectivity index (χ1n) is 3.51. The fourth-order valence-corrected chi connectivity index (χ4v) is 1.25. The van der Waals surface area contributed by atoms with Gasteiger partial charge < -0.3 is 10.4 Å². The highest BCUT2D eigenvalue weighted by Crippen LogP contribution is 2.09. The van der Waals surface area contributed by atoms with E-state index in [-0.39, 0.29) is 4.88 Å². The van der Waals surface area contributed by atoms with Gasteiger partial charge in [-0.05, 0) is 18.1 Å². The Morgan fingerprint density at radius 1 is 1.75 bits per heavy atom. The van der Waals surface area contributed by atoms with Crippen molar-refractivity contribution in [3.05, 3.63) is 10.6 Å². The average molecular weight is 187 g/mol. The summed E-state index contributed by atoms with van der Waals surface area (Å²) in [6.45, 7) is 3.20. The molecule has 0 atom stereocenters. The number of aromatic nitrogens is 2. The number of aromatic carboxylic acids is 1. The molecule has 1 heterocycles. The van der Waals surface area contributed by atoms with Crippen molar-refractivity contribution in [1.82, 2.24) is 14.9 Å². The molecule has 0 saturated heterocycles. The highest BCUT2D eigenvalue weighted by atomic mass is 32.1. The predicted octanol–water partition coefficient (Wildman–Crippen LogP) is 0.346. The molecule has 2 N–H and O–H groups in total. The number of carbonyl (C=O) groups is 1. The summed E-state index contributed by atoms with van der Waals surface area (Å²) in [5, 5.41) is 15.3. The molecule has 0 unspecified atom stereocenters. The lowest BCUT2D eigenvalue weighted by molar-refractivity contribution is 0.0700. The minimum Gasteiger partial charge on any atom is -0.477 e. The Morgan fingerprint density at radius 2 is 2.50 bits per heavy atom. The first-order valence-corrected chi connectivity index (χ1v) is 4.28. The van der Waals surface area contributed by atoms with E-state index in [1.807, 2.05) is 6.92 Å². The lowest BCUT2D eigenvalue weighted by Crippen LogP contribution is -2.14. The molecule has 0 aliphatic carbocycles. The van der Waals surface area contributed by atoms with Crippen LogP contribution in [0.15, 0.2) is 0 Å². The molecule has 1 aromatic heterocycles. The Kier molecular flexibility index (Phi) is 3.12. The van der Waals surface area contributed by atoms with Crippen LogP contribution in [0.3, 0.4) is 0 Å². The number of rotatable bonds is 4. The Balaban J connectivity index is 2.70. The minimum atomic E-state index is -0.960. The van der Waals surface area contributed by atoms with E-state index in [1.165, 1.54) is 0 Å². The molecular formula is C6H9N3O2S. The van der Waals surface area contributed by atoms with Gasteiger partial charge >= 0.3 is 5.97 Å². The van der Waals surface area contributed by atoms with Crippen molar-refractivity contribution in [3.63, 3.8) is 0 Å². The van der Waals surface area contributed by atoms with E-state index in [4.69, 9.17) is 5.11 Å². The number of hydrogen-bond donors (Lipinski definition) is 2. The number of carboxylic acid groups (broad SMARTS) is 1. The number of nitrogens with zero attached hydrogens (tertiary/aromatic N) is 2. The van der Waals surface area contributed by atoms with Gasteiger partial charge in [-0.2, -0.15) is 0 Å². The summed E-state index contributed by atoms with van der Waals surface area (Å²) in [6, 6.07) is 0. The summed E-state index contributed by atoms with van der Waals surface area (Å²) in [5.74, 6) is -0.960. The van der Waals surface area contributed by atoms with Crippen LogP contribution in [0.4, 0.5) is 0 Å². The maximum Gasteiger partial charge on any atom is 0.349 e. The molecule has 1 aromatic rings. The zero-order valence-electron chi connectivity index (χ0n) is 6.57. The van der Waals surface area contributed by atoms with Gasteiger partial charge in [0.2, 0.25) is 0 Å². The standard InChI is InChI=1S/C6H9N3O2S/c1-2-7-3-4-5(6(10)11)12-9-8-4/h7H,2-3H2,1H3,(H,10,11). The maximum absolute atomic E-state index is 10.5. The zero-order valence-corrected chi connectivity index (χ0v) is 7.39. The lowest BCUT2D eigenvalue weighted by Gasteiger charge is -1.96. The van der Waals surface area contributed by atoms with E-state index >= 15 is 0 Å². The Bertz CT molecular complexity index is 274. The summed E-state index contributed by atoms with van der Waals surface area (Å²) >= 11 is 0.907. The monoisotopic (exact) mass is 187 g/mol. The minimum absolute atomic E-state index is 0.218. The molecule has 0 amide bonds. The van der Waals surface area contributed by atoms with Gasteiger partial charge in [0.15, 0.2) is 4.88 Å². The molecule has 0 bridgehead atoms. The molecule has 0 aliphatic rings. The topological polar surface area (TPSA) is 75.1 Å². The Hall–Kier alpha value is -1.01. The number of hydrogen-bond acceptors (Lipinski definition) is 5. The molecule has 1 rings (SSSR count). The average Bonchev–Trinajstić information content (AvgIpc) is 2.48. The second kappa shape index (κ2) is 4.13. The lowest BCUT2D eigenvalue weighted by atomic mass is 10.3. The van der Waals surface area contributed by atoms with Crippen molar-refractivity contribution in [2.24, 2.45) is 0 Å². The van der Waals surface area contributed by atoms with Crippen LogP contribution < -0.4 is 5.32 Å². The van der Waals surface area contributed by atoms with Crippen LogP contribution in [-0.2, 0) is 6.54 Å². The molecule has 5 nitrogen and oxygen atoms in total. The van der Waals surface area contributed by atoms with Crippen molar-refractivity contribution < 1.29 is 9.90 Å². The molecule has 12 heavy (non-hydrogen) atoms. The first kappa shape index (κ1) is 9.08. The third-order valence-corrected chi connectivity index (χ3v) is 2.05. The highest BCUT2D eigenvalue weighted by molar-refractivity contribution is 7.07. The fraction of sp³-hybridized carbons (Fsp3) is 0.500. The first-order chi connectivity index (χ1) is 5.75. The quantitative estimate of drug-likeness (QED) is 0.711. The van der Waals surface area contributed by atoms with Crippen LogP contribution in [0.1, 0.15) is 22.3 Å². The summed E-state index contributed by atoms with van der Waals surface area (Å²) in [6.07, 6.45) is 0. The molecule has 0 fully saturated rings. The second-order valence-electron chi connectivity index (χ2n) is 2.13. The van der Waals surface area contributed by atoms with Crippen LogP contribution in [0.2, 0.25) is 0 Å². The molecule has 0 aliphatic heterocycles. The maximum atomic E-state index is 10.5. The van der Waals surface area contributed by atoms with Gasteiger partial charge in [-0.15, -0.1) is 5.10 Å². The van der Waals surface area contributed by atoms with Gasteiger partial charge in [-0.3, -0.25) is 0 Å². The number of nitrogens with one attached hydrogen (secondary N) is 1. The summed E-state index contributed by atoms with van der Waals surface area (Å²) in [5.41, 5.74) is 0.509. The van der Waals surface area contributed by atoms with Crippen molar-refractivity contribution in [2.75, 3.05) is 6.54 Å².